The Kier molecular flexibility index (Phi) is 15.4. The Morgan fingerprint density at radius 3 is 1.25 bits per heavy atom. The molecule has 0 aliphatic heterocycles. The molecule has 0 aromatic carbocycles. The molecule has 0 rings (SSSR count). The number of amides is 4. The van der Waals surface area contributed by atoms with Gasteiger partial charge in [-0.1, -0.05) is 41.5 Å². The standard InChI is InChI=1S/C27H52N4O5/c1-17(2)20(11-14-23(32)28-10)29-24(33)15-12-21(18(3)4)30-25(34)16-13-22(19(5)6)31-26(35)36-27(7,8)9/h17-22H,11-16H2,1-10H3,(H,28,32)(H,29,33)(H,30,34)(H,31,35)/t20-,21-,22-/m1/s1. The van der Waals surface area contributed by atoms with Crippen LogP contribution in [0.3, 0.4) is 0 Å². The molecule has 0 aliphatic carbocycles. The molecule has 36 heavy (non-hydrogen) atoms. The van der Waals surface area contributed by atoms with E-state index in [0.29, 0.717) is 32.1 Å². The molecule has 4 amide bonds. The van der Waals surface area contributed by atoms with Gasteiger partial charge in [-0.3, -0.25) is 14.4 Å². The van der Waals surface area contributed by atoms with Gasteiger partial charge in [0.05, 0.1) is 0 Å². The summed E-state index contributed by atoms with van der Waals surface area (Å²) in [5.74, 6) is 0.299. The number of rotatable bonds is 15. The fourth-order valence-corrected chi connectivity index (χ4v) is 3.72. The first-order valence-corrected chi connectivity index (χ1v) is 13.3. The molecule has 3 atom stereocenters. The maximum absolute atomic E-state index is 12.7. The Hall–Kier alpha value is -2.32. The highest BCUT2D eigenvalue weighted by molar-refractivity contribution is 5.78. The summed E-state index contributed by atoms with van der Waals surface area (Å²) in [6.45, 7) is 17.5. The van der Waals surface area contributed by atoms with Crippen molar-refractivity contribution in [1.29, 1.82) is 0 Å². The Morgan fingerprint density at radius 1 is 0.611 bits per heavy atom. The van der Waals surface area contributed by atoms with E-state index in [1.807, 2.05) is 62.3 Å². The first kappa shape index (κ1) is 33.7. The van der Waals surface area contributed by atoms with Crippen LogP contribution >= 0.6 is 0 Å². The van der Waals surface area contributed by atoms with Crippen LogP contribution in [0.4, 0.5) is 4.79 Å². The molecular weight excluding hydrogens is 460 g/mol. The quantitative estimate of drug-likeness (QED) is 0.265. The van der Waals surface area contributed by atoms with E-state index in [2.05, 4.69) is 21.3 Å². The summed E-state index contributed by atoms with van der Waals surface area (Å²) in [5.41, 5.74) is -0.584. The molecule has 0 spiro atoms. The number of carbonyl (C=O) groups excluding carboxylic acids is 4. The van der Waals surface area contributed by atoms with Crippen LogP contribution in [0.5, 0.6) is 0 Å². The normalized spacial score (nSPS) is 14.2. The maximum atomic E-state index is 12.7. The van der Waals surface area contributed by atoms with Crippen molar-refractivity contribution in [3.8, 4) is 0 Å². The highest BCUT2D eigenvalue weighted by Gasteiger charge is 2.24. The van der Waals surface area contributed by atoms with Crippen molar-refractivity contribution >= 4 is 23.8 Å². The Morgan fingerprint density at radius 2 is 0.944 bits per heavy atom. The van der Waals surface area contributed by atoms with Gasteiger partial charge in [0.25, 0.3) is 0 Å². The summed E-state index contributed by atoms with van der Waals surface area (Å²) in [5, 5.41) is 11.6. The second-order valence-electron chi connectivity index (χ2n) is 11.6. The van der Waals surface area contributed by atoms with E-state index in [1.54, 1.807) is 7.05 Å². The van der Waals surface area contributed by atoms with Gasteiger partial charge < -0.3 is 26.0 Å². The molecule has 0 aromatic heterocycles. The molecule has 0 bridgehead atoms. The topological polar surface area (TPSA) is 126 Å². The van der Waals surface area contributed by atoms with E-state index < -0.39 is 11.7 Å². The summed E-state index contributed by atoms with van der Waals surface area (Å²) >= 11 is 0. The Labute approximate surface area is 218 Å². The van der Waals surface area contributed by atoms with Crippen molar-refractivity contribution in [1.82, 2.24) is 21.3 Å². The van der Waals surface area contributed by atoms with Gasteiger partial charge in [0.2, 0.25) is 17.7 Å². The van der Waals surface area contributed by atoms with Gasteiger partial charge in [-0.05, 0) is 57.8 Å². The molecule has 0 aromatic rings. The Balaban J connectivity index is 4.77. The van der Waals surface area contributed by atoms with Crippen molar-refractivity contribution in [2.75, 3.05) is 7.05 Å². The highest BCUT2D eigenvalue weighted by atomic mass is 16.6. The third kappa shape index (κ3) is 15.6. The Bertz CT molecular complexity index is 701. The van der Waals surface area contributed by atoms with Crippen LogP contribution in [-0.4, -0.2) is 54.6 Å². The van der Waals surface area contributed by atoms with Gasteiger partial charge >= 0.3 is 6.09 Å². The fourth-order valence-electron chi connectivity index (χ4n) is 3.72. The second-order valence-corrected chi connectivity index (χ2v) is 11.6. The summed E-state index contributed by atoms with van der Waals surface area (Å²) in [4.78, 5) is 49.0. The third-order valence-electron chi connectivity index (χ3n) is 6.14. The van der Waals surface area contributed by atoms with Gasteiger partial charge in [-0.15, -0.1) is 0 Å². The monoisotopic (exact) mass is 512 g/mol. The largest absolute Gasteiger partial charge is 0.444 e. The van der Waals surface area contributed by atoms with Crippen LogP contribution in [0.25, 0.3) is 0 Å². The molecule has 9 nitrogen and oxygen atoms in total. The third-order valence-corrected chi connectivity index (χ3v) is 6.14. The van der Waals surface area contributed by atoms with E-state index in [1.165, 1.54) is 0 Å². The molecule has 0 heterocycles. The first-order valence-electron chi connectivity index (χ1n) is 13.3. The van der Waals surface area contributed by atoms with Gasteiger partial charge in [0, 0.05) is 44.4 Å². The number of carbonyl (C=O) groups is 4. The molecule has 0 aliphatic rings. The average Bonchev–Trinajstić information content (AvgIpc) is 2.74. The SMILES string of the molecule is CNC(=O)CC[C@@H](NC(=O)CC[C@@H](NC(=O)CC[C@@H](NC(=O)OC(C)(C)C)C(C)C)C(C)C)C(C)C. The molecule has 0 unspecified atom stereocenters. The van der Waals surface area contributed by atoms with Crippen LogP contribution in [-0.2, 0) is 19.1 Å². The second kappa shape index (κ2) is 16.4. The fraction of sp³-hybridized carbons (Fsp3) is 0.852. The number of alkyl carbamates (subject to hydrolysis) is 1. The minimum atomic E-state index is -0.584. The van der Waals surface area contributed by atoms with Crippen molar-refractivity contribution in [3.05, 3.63) is 0 Å². The van der Waals surface area contributed by atoms with Crippen molar-refractivity contribution < 1.29 is 23.9 Å². The predicted octanol–water partition coefficient (Wildman–Crippen LogP) is 3.90. The van der Waals surface area contributed by atoms with Gasteiger partial charge in [-0.25, -0.2) is 4.79 Å². The van der Waals surface area contributed by atoms with Crippen LogP contribution < -0.4 is 21.3 Å². The zero-order chi connectivity index (χ0) is 28.1. The van der Waals surface area contributed by atoms with E-state index in [-0.39, 0.29) is 60.0 Å². The number of ether oxygens (including phenoxy) is 1. The average molecular weight is 513 g/mol. The molecule has 9 heteroatoms. The van der Waals surface area contributed by atoms with Crippen LogP contribution in [0, 0.1) is 17.8 Å². The van der Waals surface area contributed by atoms with Gasteiger partial charge in [0.15, 0.2) is 0 Å². The van der Waals surface area contributed by atoms with E-state index >= 15 is 0 Å². The summed E-state index contributed by atoms with van der Waals surface area (Å²) in [7, 11) is 1.60. The van der Waals surface area contributed by atoms with E-state index in [0.717, 1.165) is 0 Å². The lowest BCUT2D eigenvalue weighted by Gasteiger charge is -2.27. The summed E-state index contributed by atoms with van der Waals surface area (Å²) < 4.78 is 5.34. The lowest BCUT2D eigenvalue weighted by molar-refractivity contribution is -0.125. The van der Waals surface area contributed by atoms with E-state index in [9.17, 15) is 19.2 Å². The molecular formula is C27H52N4O5. The van der Waals surface area contributed by atoms with Crippen LogP contribution in [0.15, 0.2) is 0 Å². The minimum Gasteiger partial charge on any atom is -0.444 e. The molecule has 210 valence electrons. The molecule has 0 saturated heterocycles. The van der Waals surface area contributed by atoms with Crippen LogP contribution in [0.1, 0.15) is 101 Å². The van der Waals surface area contributed by atoms with Crippen molar-refractivity contribution in [2.24, 2.45) is 17.8 Å². The molecule has 0 radical (unpaired) electrons. The predicted molar refractivity (Wildman–Crippen MR) is 143 cm³/mol. The van der Waals surface area contributed by atoms with Gasteiger partial charge in [-0.2, -0.15) is 0 Å². The first-order chi connectivity index (χ1) is 16.5. The maximum Gasteiger partial charge on any atom is 0.407 e. The smallest absolute Gasteiger partial charge is 0.407 e. The lowest BCUT2D eigenvalue weighted by atomic mass is 9.96. The number of hydrogen-bond donors (Lipinski definition) is 4. The summed E-state index contributed by atoms with van der Waals surface area (Å²) in [6, 6.07) is -0.396. The highest BCUT2D eigenvalue weighted by Crippen LogP contribution is 2.15. The number of nitrogens with one attached hydrogen (secondary N) is 4. The zero-order valence-corrected chi connectivity index (χ0v) is 24.2. The van der Waals surface area contributed by atoms with Crippen molar-refractivity contribution in [3.63, 3.8) is 0 Å². The molecule has 4 N–H and O–H groups in total. The van der Waals surface area contributed by atoms with Gasteiger partial charge in [0.1, 0.15) is 5.60 Å². The van der Waals surface area contributed by atoms with E-state index in [4.69, 9.17) is 4.74 Å². The number of hydrogen-bond acceptors (Lipinski definition) is 5. The minimum absolute atomic E-state index is 0.0431. The molecule has 0 saturated carbocycles. The molecule has 0 fully saturated rings. The zero-order valence-electron chi connectivity index (χ0n) is 24.2. The summed E-state index contributed by atoms with van der Waals surface area (Å²) in [6.07, 6.45) is 2.05. The van der Waals surface area contributed by atoms with Crippen molar-refractivity contribution in [2.45, 2.75) is 125 Å². The lowest BCUT2D eigenvalue weighted by Crippen LogP contribution is -2.44. The van der Waals surface area contributed by atoms with Crippen LogP contribution in [0.2, 0.25) is 0 Å².